The SMILES string of the molecule is CC(=O)N1C=C(c2ccccc2)N(CC(=O)O)C(=O)[C@@H]1c1ccccc1. The first-order valence-electron chi connectivity index (χ1n) is 8.13. The van der Waals surface area contributed by atoms with Crippen molar-refractivity contribution in [1.82, 2.24) is 9.80 Å². The van der Waals surface area contributed by atoms with Gasteiger partial charge in [0, 0.05) is 13.1 Å². The van der Waals surface area contributed by atoms with E-state index in [-0.39, 0.29) is 5.91 Å². The van der Waals surface area contributed by atoms with Crippen molar-refractivity contribution in [1.29, 1.82) is 0 Å². The summed E-state index contributed by atoms with van der Waals surface area (Å²) in [5, 5.41) is 9.28. The number of benzene rings is 2. The maximum atomic E-state index is 13.2. The quantitative estimate of drug-likeness (QED) is 0.919. The third kappa shape index (κ3) is 3.35. The monoisotopic (exact) mass is 350 g/mol. The molecule has 0 radical (unpaired) electrons. The first-order chi connectivity index (χ1) is 12.5. The van der Waals surface area contributed by atoms with E-state index < -0.39 is 24.5 Å². The van der Waals surface area contributed by atoms with E-state index in [1.54, 1.807) is 54.7 Å². The lowest BCUT2D eigenvalue weighted by Gasteiger charge is -2.38. The van der Waals surface area contributed by atoms with E-state index in [1.807, 2.05) is 12.1 Å². The Morgan fingerprint density at radius 2 is 1.58 bits per heavy atom. The molecule has 0 unspecified atom stereocenters. The molecule has 2 aromatic carbocycles. The molecule has 132 valence electrons. The van der Waals surface area contributed by atoms with Crippen molar-refractivity contribution in [2.45, 2.75) is 13.0 Å². The Hall–Kier alpha value is -3.41. The fourth-order valence-corrected chi connectivity index (χ4v) is 3.01. The zero-order valence-corrected chi connectivity index (χ0v) is 14.2. The number of hydrogen-bond donors (Lipinski definition) is 1. The second-order valence-corrected chi connectivity index (χ2v) is 5.94. The predicted octanol–water partition coefficient (Wildman–Crippen LogP) is 2.50. The van der Waals surface area contributed by atoms with Crippen LogP contribution in [0.4, 0.5) is 0 Å². The molecule has 0 saturated carbocycles. The van der Waals surface area contributed by atoms with Gasteiger partial charge in [-0.25, -0.2) is 0 Å². The van der Waals surface area contributed by atoms with Crippen molar-refractivity contribution >= 4 is 23.5 Å². The fourth-order valence-electron chi connectivity index (χ4n) is 3.01. The van der Waals surface area contributed by atoms with Gasteiger partial charge in [0.2, 0.25) is 5.91 Å². The topological polar surface area (TPSA) is 77.9 Å². The molecule has 1 heterocycles. The second-order valence-electron chi connectivity index (χ2n) is 5.94. The summed E-state index contributed by atoms with van der Waals surface area (Å²) in [6.07, 6.45) is 1.56. The number of carboxylic acids is 1. The molecule has 0 bridgehead atoms. The molecule has 0 aliphatic carbocycles. The Bertz CT molecular complexity index is 862. The van der Waals surface area contributed by atoms with E-state index >= 15 is 0 Å². The van der Waals surface area contributed by atoms with Gasteiger partial charge < -0.3 is 10.0 Å². The number of nitrogens with zero attached hydrogens (tertiary/aromatic N) is 2. The van der Waals surface area contributed by atoms with Crippen molar-refractivity contribution in [3.05, 3.63) is 78.0 Å². The maximum Gasteiger partial charge on any atom is 0.323 e. The number of carbonyl (C=O) groups excluding carboxylic acids is 2. The molecule has 6 heteroatoms. The molecule has 26 heavy (non-hydrogen) atoms. The highest BCUT2D eigenvalue weighted by Crippen LogP contribution is 2.34. The van der Waals surface area contributed by atoms with Gasteiger partial charge in [0.15, 0.2) is 0 Å². The van der Waals surface area contributed by atoms with Gasteiger partial charge in [-0.2, -0.15) is 0 Å². The Kier molecular flexibility index (Phi) is 4.84. The summed E-state index contributed by atoms with van der Waals surface area (Å²) in [4.78, 5) is 39.3. The third-order valence-corrected chi connectivity index (χ3v) is 4.17. The molecule has 2 aromatic rings. The Balaban J connectivity index is 2.15. The summed E-state index contributed by atoms with van der Waals surface area (Å²) in [5.41, 5.74) is 1.69. The molecule has 1 N–H and O–H groups in total. The van der Waals surface area contributed by atoms with Crippen LogP contribution < -0.4 is 0 Å². The standard InChI is InChI=1S/C20H18N2O4/c1-14(23)21-12-17(15-8-4-2-5-9-15)22(13-18(24)25)20(26)19(21)16-10-6-3-7-11-16/h2-12,19H,13H2,1H3,(H,24,25)/t19-/m0/s1. The van der Waals surface area contributed by atoms with E-state index in [4.69, 9.17) is 0 Å². The lowest BCUT2D eigenvalue weighted by atomic mass is 9.99. The van der Waals surface area contributed by atoms with Gasteiger partial charge in [-0.3, -0.25) is 19.3 Å². The van der Waals surface area contributed by atoms with Gasteiger partial charge in [-0.1, -0.05) is 60.7 Å². The van der Waals surface area contributed by atoms with Crippen LogP contribution in [0.5, 0.6) is 0 Å². The minimum absolute atomic E-state index is 0.296. The number of carboxylic acid groups (broad SMARTS) is 1. The minimum atomic E-state index is -1.12. The summed E-state index contributed by atoms with van der Waals surface area (Å²) in [6.45, 7) is 0.907. The van der Waals surface area contributed by atoms with Crippen LogP contribution >= 0.6 is 0 Å². The predicted molar refractivity (Wildman–Crippen MR) is 95.5 cm³/mol. The highest BCUT2D eigenvalue weighted by atomic mass is 16.4. The van der Waals surface area contributed by atoms with Crippen LogP contribution in [0.2, 0.25) is 0 Å². The van der Waals surface area contributed by atoms with Crippen LogP contribution in [-0.4, -0.2) is 39.2 Å². The molecule has 1 atom stereocenters. The molecular formula is C20H18N2O4. The first-order valence-corrected chi connectivity index (χ1v) is 8.13. The number of aliphatic carboxylic acids is 1. The van der Waals surface area contributed by atoms with Gasteiger partial charge in [-0.05, 0) is 11.1 Å². The molecule has 0 spiro atoms. The van der Waals surface area contributed by atoms with Crippen LogP contribution in [0.1, 0.15) is 24.1 Å². The molecule has 2 amide bonds. The van der Waals surface area contributed by atoms with Crippen molar-refractivity contribution < 1.29 is 19.5 Å². The van der Waals surface area contributed by atoms with Crippen LogP contribution in [0, 0.1) is 0 Å². The van der Waals surface area contributed by atoms with Crippen LogP contribution in [0.3, 0.4) is 0 Å². The molecule has 1 aliphatic heterocycles. The Morgan fingerprint density at radius 1 is 1.00 bits per heavy atom. The van der Waals surface area contributed by atoms with Gasteiger partial charge in [0.1, 0.15) is 12.6 Å². The smallest absolute Gasteiger partial charge is 0.323 e. The highest BCUT2D eigenvalue weighted by Gasteiger charge is 2.39. The first kappa shape index (κ1) is 17.4. The van der Waals surface area contributed by atoms with Crippen molar-refractivity contribution in [2.75, 3.05) is 6.54 Å². The van der Waals surface area contributed by atoms with E-state index in [9.17, 15) is 19.5 Å². The summed E-state index contributed by atoms with van der Waals surface area (Å²) in [7, 11) is 0. The van der Waals surface area contributed by atoms with Gasteiger partial charge in [0.05, 0.1) is 5.70 Å². The zero-order valence-electron chi connectivity index (χ0n) is 14.2. The van der Waals surface area contributed by atoms with Crippen molar-refractivity contribution in [3.63, 3.8) is 0 Å². The van der Waals surface area contributed by atoms with E-state index in [2.05, 4.69) is 0 Å². The molecule has 0 saturated heterocycles. The number of hydrogen-bond acceptors (Lipinski definition) is 3. The minimum Gasteiger partial charge on any atom is -0.480 e. The molecule has 6 nitrogen and oxygen atoms in total. The average Bonchev–Trinajstić information content (AvgIpc) is 2.64. The molecular weight excluding hydrogens is 332 g/mol. The Morgan fingerprint density at radius 3 is 2.12 bits per heavy atom. The Labute approximate surface area is 151 Å². The number of amides is 2. The van der Waals surface area contributed by atoms with Crippen LogP contribution in [0.25, 0.3) is 5.70 Å². The summed E-state index contributed by atoms with van der Waals surface area (Å²) >= 11 is 0. The number of carbonyl (C=O) groups is 3. The van der Waals surface area contributed by atoms with Gasteiger partial charge >= 0.3 is 5.97 Å². The van der Waals surface area contributed by atoms with E-state index in [0.29, 0.717) is 16.8 Å². The highest BCUT2D eigenvalue weighted by molar-refractivity contribution is 5.99. The fraction of sp³-hybridized carbons (Fsp3) is 0.150. The number of rotatable bonds is 4. The summed E-state index contributed by atoms with van der Waals surface area (Å²) in [6, 6.07) is 16.9. The third-order valence-electron chi connectivity index (χ3n) is 4.17. The summed E-state index contributed by atoms with van der Waals surface area (Å²) in [5.74, 6) is -1.87. The van der Waals surface area contributed by atoms with Gasteiger partial charge in [-0.15, -0.1) is 0 Å². The normalized spacial score (nSPS) is 17.0. The zero-order chi connectivity index (χ0) is 18.7. The molecule has 0 fully saturated rings. The van der Waals surface area contributed by atoms with E-state index in [1.165, 1.54) is 16.7 Å². The van der Waals surface area contributed by atoms with Crippen LogP contribution in [0.15, 0.2) is 66.9 Å². The molecule has 3 rings (SSSR count). The van der Waals surface area contributed by atoms with Crippen LogP contribution in [-0.2, 0) is 14.4 Å². The van der Waals surface area contributed by atoms with E-state index in [0.717, 1.165) is 0 Å². The average molecular weight is 350 g/mol. The van der Waals surface area contributed by atoms with Crippen molar-refractivity contribution in [2.24, 2.45) is 0 Å². The molecule has 1 aliphatic rings. The lowest BCUT2D eigenvalue weighted by molar-refractivity contribution is -0.147. The van der Waals surface area contributed by atoms with Crippen molar-refractivity contribution in [3.8, 4) is 0 Å². The largest absolute Gasteiger partial charge is 0.480 e. The lowest BCUT2D eigenvalue weighted by Crippen LogP contribution is -2.48. The maximum absolute atomic E-state index is 13.2. The summed E-state index contributed by atoms with van der Waals surface area (Å²) < 4.78 is 0. The second kappa shape index (κ2) is 7.23. The van der Waals surface area contributed by atoms with Gasteiger partial charge in [0.25, 0.3) is 5.91 Å². The molecule has 0 aromatic heterocycles.